The van der Waals surface area contributed by atoms with Gasteiger partial charge in [-0.3, -0.25) is 9.59 Å². The molecule has 0 aliphatic rings. The van der Waals surface area contributed by atoms with Crippen molar-refractivity contribution in [3.05, 3.63) is 70.8 Å². The molecule has 37 heavy (non-hydrogen) atoms. The molecule has 0 fully saturated rings. The summed E-state index contributed by atoms with van der Waals surface area (Å²) in [5.74, 6) is -0.848. The molecular weight excluding hydrogens is 466 g/mol. The molecule has 2 aromatic rings. The highest BCUT2D eigenvalue weighted by atomic mass is 16.6. The number of nitrogens with zero attached hydrogens (tertiary/aromatic N) is 1. The molecule has 2 N–H and O–H groups in total. The Bertz CT molecular complexity index is 1050. The molecule has 0 spiro atoms. The first-order chi connectivity index (χ1) is 17.2. The number of ether oxygens (including phenoxy) is 1. The summed E-state index contributed by atoms with van der Waals surface area (Å²) >= 11 is 0. The number of hydrogen-bond donors (Lipinski definition) is 2. The molecular formula is C30H43N3O4. The highest BCUT2D eigenvalue weighted by molar-refractivity contribution is 5.92. The summed E-state index contributed by atoms with van der Waals surface area (Å²) in [7, 11) is 0. The summed E-state index contributed by atoms with van der Waals surface area (Å²) < 4.78 is 5.42. The van der Waals surface area contributed by atoms with Crippen LogP contribution in [0.3, 0.4) is 0 Å². The Labute approximate surface area is 222 Å². The summed E-state index contributed by atoms with van der Waals surface area (Å²) in [5, 5.41) is 5.77. The number of hydrogen-bond acceptors (Lipinski definition) is 4. The Kier molecular flexibility index (Phi) is 10.3. The van der Waals surface area contributed by atoms with Crippen molar-refractivity contribution < 1.29 is 19.1 Å². The standard InChI is InChI=1S/C30H43N3O4/c1-19(2)25(32-29(36)37-30(7,8)9)28(35)33(20(3)4)26(24-16-21(5)15-22(6)17-24)27(34)31-18-23-13-11-10-12-14-23/h10-17,19-20,25-26H,18H2,1-9H3,(H,31,34)(H,32,36). The van der Waals surface area contributed by atoms with E-state index in [1.54, 1.807) is 25.7 Å². The molecule has 0 bridgehead atoms. The number of amides is 3. The highest BCUT2D eigenvalue weighted by Crippen LogP contribution is 2.28. The number of rotatable bonds is 9. The average Bonchev–Trinajstić information content (AvgIpc) is 2.77. The van der Waals surface area contributed by atoms with Crippen molar-refractivity contribution in [2.45, 2.75) is 92.6 Å². The van der Waals surface area contributed by atoms with E-state index >= 15 is 0 Å². The van der Waals surface area contributed by atoms with Gasteiger partial charge < -0.3 is 20.3 Å². The molecule has 0 aliphatic carbocycles. The third-order valence-electron chi connectivity index (χ3n) is 5.81. The first-order valence-corrected chi connectivity index (χ1v) is 12.9. The fourth-order valence-corrected chi connectivity index (χ4v) is 4.28. The van der Waals surface area contributed by atoms with E-state index in [4.69, 9.17) is 4.74 Å². The predicted octanol–water partition coefficient (Wildman–Crippen LogP) is 5.45. The van der Waals surface area contributed by atoms with E-state index in [2.05, 4.69) is 10.6 Å². The Balaban J connectivity index is 2.48. The minimum atomic E-state index is -0.878. The van der Waals surface area contributed by atoms with Crippen molar-refractivity contribution in [1.29, 1.82) is 0 Å². The van der Waals surface area contributed by atoms with Gasteiger partial charge in [-0.25, -0.2) is 4.79 Å². The van der Waals surface area contributed by atoms with Crippen molar-refractivity contribution >= 4 is 17.9 Å². The lowest BCUT2D eigenvalue weighted by Crippen LogP contribution is -2.56. The molecule has 2 rings (SSSR count). The van der Waals surface area contributed by atoms with Gasteiger partial charge in [0.2, 0.25) is 11.8 Å². The van der Waals surface area contributed by atoms with E-state index in [1.165, 1.54) is 0 Å². The summed E-state index contributed by atoms with van der Waals surface area (Å²) in [4.78, 5) is 42.0. The molecule has 0 saturated heterocycles. The summed E-state index contributed by atoms with van der Waals surface area (Å²) in [6.07, 6.45) is -0.667. The largest absolute Gasteiger partial charge is 0.444 e. The van der Waals surface area contributed by atoms with Crippen LogP contribution in [-0.2, 0) is 20.9 Å². The summed E-state index contributed by atoms with van der Waals surface area (Å²) in [5.41, 5.74) is 2.98. The predicted molar refractivity (Wildman–Crippen MR) is 147 cm³/mol. The van der Waals surface area contributed by atoms with Crippen molar-refractivity contribution in [2.75, 3.05) is 0 Å². The first-order valence-electron chi connectivity index (χ1n) is 12.9. The van der Waals surface area contributed by atoms with Crippen LogP contribution in [0.4, 0.5) is 4.79 Å². The first kappa shape index (κ1) is 29.9. The van der Waals surface area contributed by atoms with E-state index in [0.717, 1.165) is 22.3 Å². The third-order valence-corrected chi connectivity index (χ3v) is 5.81. The second-order valence-corrected chi connectivity index (χ2v) is 11.2. The normalized spacial score (nSPS) is 13.2. The molecule has 202 valence electrons. The van der Waals surface area contributed by atoms with Gasteiger partial charge >= 0.3 is 6.09 Å². The van der Waals surface area contributed by atoms with E-state index < -0.39 is 23.8 Å². The van der Waals surface area contributed by atoms with Gasteiger partial charge in [0.05, 0.1) is 0 Å². The zero-order chi connectivity index (χ0) is 27.9. The Morgan fingerprint density at radius 3 is 1.97 bits per heavy atom. The maximum Gasteiger partial charge on any atom is 0.408 e. The van der Waals surface area contributed by atoms with Gasteiger partial charge in [-0.2, -0.15) is 0 Å². The number of aryl methyl sites for hydroxylation is 2. The van der Waals surface area contributed by atoms with Crippen LogP contribution >= 0.6 is 0 Å². The number of nitrogens with one attached hydrogen (secondary N) is 2. The molecule has 7 heteroatoms. The maximum atomic E-state index is 14.1. The van der Waals surface area contributed by atoms with E-state index in [-0.39, 0.29) is 23.8 Å². The molecule has 0 aromatic heterocycles. The number of benzene rings is 2. The second-order valence-electron chi connectivity index (χ2n) is 11.2. The molecule has 0 radical (unpaired) electrons. The zero-order valence-corrected chi connectivity index (χ0v) is 23.7. The van der Waals surface area contributed by atoms with Gasteiger partial charge in [0.25, 0.3) is 0 Å². The van der Waals surface area contributed by atoms with Gasteiger partial charge in [-0.1, -0.05) is 73.5 Å². The van der Waals surface area contributed by atoms with Crippen molar-refractivity contribution in [3.8, 4) is 0 Å². The maximum absolute atomic E-state index is 14.1. The topological polar surface area (TPSA) is 87.7 Å². The Morgan fingerprint density at radius 2 is 1.49 bits per heavy atom. The zero-order valence-electron chi connectivity index (χ0n) is 23.7. The number of alkyl carbamates (subject to hydrolysis) is 1. The molecule has 0 aliphatic heterocycles. The van der Waals surface area contributed by atoms with Crippen LogP contribution in [0.2, 0.25) is 0 Å². The molecule has 2 unspecified atom stereocenters. The smallest absolute Gasteiger partial charge is 0.408 e. The highest BCUT2D eigenvalue weighted by Gasteiger charge is 2.39. The van der Waals surface area contributed by atoms with Crippen LogP contribution in [0.5, 0.6) is 0 Å². The molecule has 0 saturated carbocycles. The molecule has 2 atom stereocenters. The van der Waals surface area contributed by atoms with Gasteiger partial charge in [-0.15, -0.1) is 0 Å². The molecule has 0 heterocycles. The third kappa shape index (κ3) is 8.92. The summed E-state index contributed by atoms with van der Waals surface area (Å²) in [6, 6.07) is 13.5. The van der Waals surface area contributed by atoms with Crippen LogP contribution in [0, 0.1) is 19.8 Å². The molecule has 3 amide bonds. The molecule has 2 aromatic carbocycles. The molecule has 7 nitrogen and oxygen atoms in total. The lowest BCUT2D eigenvalue weighted by molar-refractivity contribution is -0.145. The van der Waals surface area contributed by atoms with Gasteiger partial charge in [-0.05, 0) is 65.5 Å². The van der Waals surface area contributed by atoms with Gasteiger partial charge in [0.1, 0.15) is 17.7 Å². The number of carbonyl (C=O) groups excluding carboxylic acids is 3. The monoisotopic (exact) mass is 509 g/mol. The SMILES string of the molecule is Cc1cc(C)cc(C(C(=O)NCc2ccccc2)N(C(=O)C(NC(=O)OC(C)(C)C)C(C)C)C(C)C)c1. The van der Waals surface area contributed by atoms with Gasteiger partial charge in [0.15, 0.2) is 0 Å². The average molecular weight is 510 g/mol. The fraction of sp³-hybridized carbons (Fsp3) is 0.500. The lowest BCUT2D eigenvalue weighted by atomic mass is 9.95. The minimum absolute atomic E-state index is 0.228. The Hall–Kier alpha value is -3.35. The van der Waals surface area contributed by atoms with Crippen LogP contribution < -0.4 is 10.6 Å². The van der Waals surface area contributed by atoms with E-state index in [0.29, 0.717) is 6.54 Å². The second kappa shape index (κ2) is 12.7. The lowest BCUT2D eigenvalue weighted by Gasteiger charge is -2.38. The van der Waals surface area contributed by atoms with E-state index in [1.807, 2.05) is 90.1 Å². The Morgan fingerprint density at radius 1 is 0.919 bits per heavy atom. The van der Waals surface area contributed by atoms with Crippen LogP contribution in [-0.4, -0.2) is 40.5 Å². The van der Waals surface area contributed by atoms with Crippen LogP contribution in [0.15, 0.2) is 48.5 Å². The van der Waals surface area contributed by atoms with Crippen LogP contribution in [0.25, 0.3) is 0 Å². The van der Waals surface area contributed by atoms with Crippen LogP contribution in [0.1, 0.15) is 76.8 Å². The van der Waals surface area contributed by atoms with Crippen molar-refractivity contribution in [1.82, 2.24) is 15.5 Å². The number of carbonyl (C=O) groups is 3. The van der Waals surface area contributed by atoms with Gasteiger partial charge in [0, 0.05) is 12.6 Å². The van der Waals surface area contributed by atoms with E-state index in [9.17, 15) is 14.4 Å². The summed E-state index contributed by atoms with van der Waals surface area (Å²) in [6.45, 7) is 17.1. The quantitative estimate of drug-likeness (QED) is 0.471. The fourth-order valence-electron chi connectivity index (χ4n) is 4.28. The minimum Gasteiger partial charge on any atom is -0.444 e. The van der Waals surface area contributed by atoms with Crippen molar-refractivity contribution in [2.24, 2.45) is 5.92 Å². The van der Waals surface area contributed by atoms with Crippen molar-refractivity contribution in [3.63, 3.8) is 0 Å².